The zero-order chi connectivity index (χ0) is 19.2. The summed E-state index contributed by atoms with van der Waals surface area (Å²) in [6, 6.07) is 12.8. The number of hydrogen-bond acceptors (Lipinski definition) is 6. The number of rotatable bonds is 6. The average molecular weight is 366 g/mol. The first-order valence-corrected chi connectivity index (χ1v) is 8.86. The van der Waals surface area contributed by atoms with Crippen LogP contribution in [0, 0.1) is 11.3 Å². The number of benzene rings is 2. The van der Waals surface area contributed by atoms with E-state index in [0.29, 0.717) is 43.2 Å². The Labute approximate surface area is 158 Å². The van der Waals surface area contributed by atoms with Crippen LogP contribution in [0.5, 0.6) is 11.5 Å². The second kappa shape index (κ2) is 8.56. The summed E-state index contributed by atoms with van der Waals surface area (Å²) in [4.78, 5) is 12.1. The molecule has 1 aliphatic rings. The van der Waals surface area contributed by atoms with Crippen molar-refractivity contribution in [2.75, 3.05) is 13.7 Å². The van der Waals surface area contributed by atoms with Crippen molar-refractivity contribution in [3.8, 4) is 17.6 Å². The molecule has 0 fully saturated rings. The summed E-state index contributed by atoms with van der Waals surface area (Å²) in [6.45, 7) is 3.06. The molecule has 0 aliphatic carbocycles. The second-order valence-electron chi connectivity index (χ2n) is 6.22. The number of nitrogens with one attached hydrogen (secondary N) is 1. The molecule has 0 bridgehead atoms. The number of esters is 1. The Balaban J connectivity index is 1.83. The van der Waals surface area contributed by atoms with Crippen LogP contribution in [0.2, 0.25) is 0 Å². The Bertz CT molecular complexity index is 856. The molecule has 6 nitrogen and oxygen atoms in total. The highest BCUT2D eigenvalue weighted by atomic mass is 16.5. The highest BCUT2D eigenvalue weighted by molar-refractivity contribution is 5.77. The van der Waals surface area contributed by atoms with Gasteiger partial charge in [0.25, 0.3) is 0 Å². The largest absolute Gasteiger partial charge is 0.493 e. The molecule has 2 aromatic rings. The zero-order valence-corrected chi connectivity index (χ0v) is 15.5. The fourth-order valence-electron chi connectivity index (χ4n) is 3.11. The Hall–Kier alpha value is -3.04. The van der Waals surface area contributed by atoms with E-state index in [9.17, 15) is 4.79 Å². The van der Waals surface area contributed by atoms with Crippen molar-refractivity contribution in [1.82, 2.24) is 5.32 Å². The molecule has 0 saturated heterocycles. The van der Waals surface area contributed by atoms with E-state index in [1.54, 1.807) is 26.2 Å². The van der Waals surface area contributed by atoms with Gasteiger partial charge in [-0.05, 0) is 36.2 Å². The van der Waals surface area contributed by atoms with Crippen LogP contribution in [0.1, 0.15) is 29.2 Å². The summed E-state index contributed by atoms with van der Waals surface area (Å²) in [6.07, 6.45) is 0.480. The third-order valence-corrected chi connectivity index (χ3v) is 4.53. The summed E-state index contributed by atoms with van der Waals surface area (Å²) >= 11 is 0. The first kappa shape index (κ1) is 18.7. The normalized spacial score (nSPS) is 15.4. The van der Waals surface area contributed by atoms with Gasteiger partial charge in [0.05, 0.1) is 25.3 Å². The lowest BCUT2D eigenvalue weighted by atomic mass is 9.94. The van der Waals surface area contributed by atoms with Gasteiger partial charge in [0, 0.05) is 18.5 Å². The highest BCUT2D eigenvalue weighted by Crippen LogP contribution is 2.37. The van der Waals surface area contributed by atoms with Crippen LogP contribution in [0.3, 0.4) is 0 Å². The minimum absolute atomic E-state index is 0.260. The molecule has 3 rings (SSSR count). The molecule has 0 spiro atoms. The lowest BCUT2D eigenvalue weighted by Crippen LogP contribution is -2.42. The van der Waals surface area contributed by atoms with Crippen LogP contribution < -0.4 is 14.8 Å². The molecular formula is C21H22N2O4. The van der Waals surface area contributed by atoms with Gasteiger partial charge in [0.15, 0.2) is 11.5 Å². The van der Waals surface area contributed by atoms with Crippen molar-refractivity contribution in [1.29, 1.82) is 5.26 Å². The van der Waals surface area contributed by atoms with Gasteiger partial charge in [-0.25, -0.2) is 0 Å². The third kappa shape index (κ3) is 4.21. The first-order chi connectivity index (χ1) is 13.2. The Morgan fingerprint density at radius 2 is 2.04 bits per heavy atom. The smallest absolute Gasteiger partial charge is 0.323 e. The standard InChI is InChI=1S/C21H22N2O4/c1-3-26-21(24)18-10-17-16(12-23-18)8-9-19(25-2)20(17)27-13-15-6-4-14(11-22)5-7-15/h4-9,18,23H,3,10,12-13H2,1-2H3/t18-/m0/s1. The predicted octanol–water partition coefficient (Wildman–Crippen LogP) is 2.72. The molecule has 140 valence electrons. The summed E-state index contributed by atoms with van der Waals surface area (Å²) in [5.74, 6) is 1.02. The zero-order valence-electron chi connectivity index (χ0n) is 15.5. The molecule has 27 heavy (non-hydrogen) atoms. The molecule has 0 unspecified atom stereocenters. The molecule has 0 amide bonds. The fourth-order valence-corrected chi connectivity index (χ4v) is 3.11. The monoisotopic (exact) mass is 366 g/mol. The van der Waals surface area contributed by atoms with Crippen LogP contribution >= 0.6 is 0 Å². The van der Waals surface area contributed by atoms with Gasteiger partial charge in [-0.1, -0.05) is 18.2 Å². The van der Waals surface area contributed by atoms with Crippen molar-refractivity contribution >= 4 is 5.97 Å². The minimum Gasteiger partial charge on any atom is -0.493 e. The molecular weight excluding hydrogens is 344 g/mol. The number of methoxy groups -OCH3 is 1. The maximum absolute atomic E-state index is 12.1. The van der Waals surface area contributed by atoms with Gasteiger partial charge in [-0.3, -0.25) is 4.79 Å². The van der Waals surface area contributed by atoms with Gasteiger partial charge in [-0.15, -0.1) is 0 Å². The number of nitriles is 1. The molecule has 6 heteroatoms. The van der Waals surface area contributed by atoms with Crippen LogP contribution in [0.25, 0.3) is 0 Å². The van der Waals surface area contributed by atoms with Crippen molar-refractivity contribution in [3.63, 3.8) is 0 Å². The van der Waals surface area contributed by atoms with E-state index in [2.05, 4.69) is 11.4 Å². The lowest BCUT2D eigenvalue weighted by Gasteiger charge is -2.27. The van der Waals surface area contributed by atoms with Gasteiger partial charge in [-0.2, -0.15) is 5.26 Å². The topological polar surface area (TPSA) is 80.6 Å². The number of hydrogen-bond donors (Lipinski definition) is 1. The van der Waals surface area contributed by atoms with Crippen molar-refractivity contribution in [3.05, 3.63) is 58.7 Å². The van der Waals surface area contributed by atoms with Crippen LogP contribution in [-0.2, 0) is 29.1 Å². The minimum atomic E-state index is -0.401. The van der Waals surface area contributed by atoms with Crippen molar-refractivity contribution in [2.45, 2.75) is 32.5 Å². The van der Waals surface area contributed by atoms with Crippen LogP contribution in [-0.4, -0.2) is 25.7 Å². The number of nitrogens with zero attached hydrogens (tertiary/aromatic N) is 1. The molecule has 0 radical (unpaired) electrons. The summed E-state index contributed by atoms with van der Waals surface area (Å²) in [5.41, 5.74) is 3.59. The van der Waals surface area contributed by atoms with Crippen molar-refractivity contribution < 1.29 is 19.0 Å². The molecule has 1 heterocycles. The molecule has 1 atom stereocenters. The SMILES string of the molecule is CCOC(=O)[C@@H]1Cc2c(ccc(OC)c2OCc2ccc(C#N)cc2)CN1. The molecule has 0 saturated carbocycles. The molecule has 2 aromatic carbocycles. The van der Waals surface area contributed by atoms with E-state index in [4.69, 9.17) is 19.5 Å². The third-order valence-electron chi connectivity index (χ3n) is 4.53. The Kier molecular flexibility index (Phi) is 5.94. The quantitative estimate of drug-likeness (QED) is 0.792. The van der Waals surface area contributed by atoms with E-state index in [0.717, 1.165) is 16.7 Å². The van der Waals surface area contributed by atoms with Gasteiger partial charge >= 0.3 is 5.97 Å². The number of ether oxygens (including phenoxy) is 3. The molecule has 1 N–H and O–H groups in total. The highest BCUT2D eigenvalue weighted by Gasteiger charge is 2.29. The van der Waals surface area contributed by atoms with Crippen LogP contribution in [0.4, 0.5) is 0 Å². The Morgan fingerprint density at radius 3 is 2.70 bits per heavy atom. The molecule has 1 aliphatic heterocycles. The Morgan fingerprint density at radius 1 is 1.26 bits per heavy atom. The van der Waals surface area contributed by atoms with E-state index in [-0.39, 0.29) is 5.97 Å². The van der Waals surface area contributed by atoms with Gasteiger partial charge < -0.3 is 19.5 Å². The van der Waals surface area contributed by atoms with E-state index < -0.39 is 6.04 Å². The maximum Gasteiger partial charge on any atom is 0.323 e. The average Bonchev–Trinajstić information content (AvgIpc) is 2.72. The fraction of sp³-hybridized carbons (Fsp3) is 0.333. The van der Waals surface area contributed by atoms with E-state index in [1.807, 2.05) is 24.3 Å². The second-order valence-corrected chi connectivity index (χ2v) is 6.22. The molecule has 0 aromatic heterocycles. The maximum atomic E-state index is 12.1. The summed E-state index contributed by atoms with van der Waals surface area (Å²) in [5, 5.41) is 12.1. The van der Waals surface area contributed by atoms with Crippen molar-refractivity contribution in [2.24, 2.45) is 0 Å². The van der Waals surface area contributed by atoms with Gasteiger partial charge in [0.1, 0.15) is 12.6 Å². The van der Waals surface area contributed by atoms with Gasteiger partial charge in [0.2, 0.25) is 0 Å². The lowest BCUT2D eigenvalue weighted by molar-refractivity contribution is -0.145. The number of fused-ring (bicyclic) bond motifs is 1. The number of carbonyl (C=O) groups is 1. The summed E-state index contributed by atoms with van der Waals surface area (Å²) in [7, 11) is 1.60. The predicted molar refractivity (Wildman–Crippen MR) is 99.4 cm³/mol. The van der Waals surface area contributed by atoms with E-state index >= 15 is 0 Å². The first-order valence-electron chi connectivity index (χ1n) is 8.86. The van der Waals surface area contributed by atoms with Crippen LogP contribution in [0.15, 0.2) is 36.4 Å². The van der Waals surface area contributed by atoms with E-state index in [1.165, 1.54) is 0 Å². The summed E-state index contributed by atoms with van der Waals surface area (Å²) < 4.78 is 16.7. The number of carbonyl (C=O) groups excluding carboxylic acids is 1.